The van der Waals surface area contributed by atoms with Gasteiger partial charge in [-0.3, -0.25) is 9.98 Å². The lowest BCUT2D eigenvalue weighted by Gasteiger charge is -2.12. The average Bonchev–Trinajstić information content (AvgIpc) is 2.71. The largest absolute Gasteiger partial charge is 0.323 e. The second kappa shape index (κ2) is 9.01. The van der Waals surface area contributed by atoms with Crippen molar-refractivity contribution in [3.05, 3.63) is 47.8 Å². The van der Waals surface area contributed by atoms with Crippen molar-refractivity contribution in [3.63, 3.8) is 0 Å². The third kappa shape index (κ3) is 4.99. The maximum absolute atomic E-state index is 12.1. The second-order valence-electron chi connectivity index (χ2n) is 6.72. The van der Waals surface area contributed by atoms with Crippen LogP contribution in [0.15, 0.2) is 41.7 Å². The molecule has 30 heavy (non-hydrogen) atoms. The van der Waals surface area contributed by atoms with E-state index in [-0.39, 0.29) is 11.7 Å². The lowest BCUT2D eigenvalue weighted by molar-refractivity contribution is 0.519. The quantitative estimate of drug-likeness (QED) is 0.525. The van der Waals surface area contributed by atoms with E-state index in [1.165, 1.54) is 30.8 Å². The zero-order chi connectivity index (χ0) is 21.7. The van der Waals surface area contributed by atoms with E-state index < -0.39 is 10.0 Å². The maximum atomic E-state index is 12.1. The molecule has 0 saturated carbocycles. The molecular weight excluding hydrogens is 404 g/mol. The normalized spacial score (nSPS) is 13.1. The molecule has 1 unspecified atom stereocenters. The van der Waals surface area contributed by atoms with Gasteiger partial charge in [0.15, 0.2) is 5.82 Å². The molecule has 2 N–H and O–H groups in total. The zero-order valence-corrected chi connectivity index (χ0v) is 17.6. The van der Waals surface area contributed by atoms with Gasteiger partial charge in [0.25, 0.3) is 0 Å². The molecule has 0 aliphatic heterocycles. The first-order chi connectivity index (χ1) is 14.3. The first-order valence-electron chi connectivity index (χ1n) is 9.01. The van der Waals surface area contributed by atoms with Crippen molar-refractivity contribution in [2.45, 2.75) is 11.7 Å². The first kappa shape index (κ1) is 21.4. The molecule has 3 aromatic heterocycles. The molecule has 3 heterocycles. The van der Waals surface area contributed by atoms with Crippen LogP contribution in [0.1, 0.15) is 17.0 Å². The Labute approximate surface area is 174 Å². The van der Waals surface area contributed by atoms with Gasteiger partial charge < -0.3 is 10.7 Å². The van der Waals surface area contributed by atoms with Crippen LogP contribution in [-0.2, 0) is 15.8 Å². The monoisotopic (exact) mass is 426 g/mol. The van der Waals surface area contributed by atoms with E-state index in [4.69, 9.17) is 5.41 Å². The third-order valence-electron chi connectivity index (χ3n) is 4.31. The van der Waals surface area contributed by atoms with Gasteiger partial charge in [0.05, 0.1) is 28.9 Å². The highest BCUT2D eigenvalue weighted by Crippen LogP contribution is 2.20. The summed E-state index contributed by atoms with van der Waals surface area (Å²) >= 11 is 0. The van der Waals surface area contributed by atoms with Crippen molar-refractivity contribution in [2.24, 2.45) is 4.99 Å². The van der Waals surface area contributed by atoms with E-state index in [2.05, 4.69) is 30.5 Å². The Morgan fingerprint density at radius 1 is 1.20 bits per heavy atom. The summed E-state index contributed by atoms with van der Waals surface area (Å²) in [5.41, 5.74) is 2.67. The van der Waals surface area contributed by atoms with Crippen LogP contribution in [-0.4, -0.2) is 66.5 Å². The first-order valence-corrected chi connectivity index (χ1v) is 10.6. The van der Waals surface area contributed by atoms with Gasteiger partial charge >= 0.3 is 0 Å². The van der Waals surface area contributed by atoms with Crippen LogP contribution in [0.4, 0.5) is 11.6 Å². The fourth-order valence-electron chi connectivity index (χ4n) is 2.68. The molecule has 0 fully saturated rings. The fourth-order valence-corrected chi connectivity index (χ4v) is 3.52. The van der Waals surface area contributed by atoms with E-state index in [1.807, 2.05) is 12.1 Å². The van der Waals surface area contributed by atoms with Crippen molar-refractivity contribution in [1.82, 2.24) is 24.5 Å². The van der Waals surface area contributed by atoms with Crippen LogP contribution in [0.5, 0.6) is 0 Å². The van der Waals surface area contributed by atoms with Gasteiger partial charge in [-0.05, 0) is 35.4 Å². The third-order valence-corrected chi connectivity index (χ3v) is 6.12. The molecule has 0 radical (unpaired) electrons. The van der Waals surface area contributed by atoms with Gasteiger partial charge in [0.1, 0.15) is 5.82 Å². The number of sulfonamides is 1. The Morgan fingerprint density at radius 3 is 2.70 bits per heavy atom. The molecule has 0 spiro atoms. The smallest absolute Gasteiger partial charge is 0.217 e. The highest BCUT2D eigenvalue weighted by atomic mass is 32.2. The number of nitrogens with zero attached hydrogens (tertiary/aromatic N) is 6. The number of aromatic nitrogens is 4. The second-order valence-corrected chi connectivity index (χ2v) is 8.90. The summed E-state index contributed by atoms with van der Waals surface area (Å²) in [5.74, 6) is 0.449. The number of aliphatic imine (C=N–C) groups is 1. The summed E-state index contributed by atoms with van der Waals surface area (Å²) in [4.78, 5) is 12.9. The van der Waals surface area contributed by atoms with Gasteiger partial charge in [0.2, 0.25) is 10.0 Å². The number of hydrogen-bond donors (Lipinski definition) is 2. The van der Waals surface area contributed by atoms with Crippen LogP contribution < -0.4 is 5.32 Å². The molecule has 11 heteroatoms. The van der Waals surface area contributed by atoms with Crippen LogP contribution >= 0.6 is 0 Å². The molecule has 1 atom stereocenters. The lowest BCUT2D eigenvalue weighted by atomic mass is 10.0. The van der Waals surface area contributed by atoms with Crippen LogP contribution in [0.2, 0.25) is 0 Å². The van der Waals surface area contributed by atoms with Crippen LogP contribution in [0.3, 0.4) is 0 Å². The Morgan fingerprint density at radius 2 is 2.00 bits per heavy atom. The molecule has 0 amide bonds. The van der Waals surface area contributed by atoms with Gasteiger partial charge in [0, 0.05) is 39.8 Å². The molecule has 3 aromatic rings. The Kier molecular flexibility index (Phi) is 6.43. The van der Waals surface area contributed by atoms with Crippen molar-refractivity contribution < 1.29 is 8.42 Å². The lowest BCUT2D eigenvalue weighted by Crippen LogP contribution is -2.23. The predicted molar refractivity (Wildman–Crippen MR) is 117 cm³/mol. The van der Waals surface area contributed by atoms with E-state index in [1.54, 1.807) is 31.6 Å². The minimum Gasteiger partial charge on any atom is -0.323 e. The van der Waals surface area contributed by atoms with Crippen molar-refractivity contribution in [1.29, 1.82) is 5.41 Å². The highest BCUT2D eigenvalue weighted by molar-refractivity contribution is 7.88. The van der Waals surface area contributed by atoms with Gasteiger partial charge in [-0.1, -0.05) is 0 Å². The summed E-state index contributed by atoms with van der Waals surface area (Å²) in [6.45, 7) is 0. The summed E-state index contributed by atoms with van der Waals surface area (Å²) in [6.07, 6.45) is 6.08. The predicted octanol–water partition coefficient (Wildman–Crippen LogP) is 1.99. The highest BCUT2D eigenvalue weighted by Gasteiger charge is 2.15. The summed E-state index contributed by atoms with van der Waals surface area (Å²) in [6, 6.07) is 7.05. The summed E-state index contributed by atoms with van der Waals surface area (Å²) < 4.78 is 25.3. The molecule has 0 aliphatic carbocycles. The molecular formula is C19H22N8O2S. The Bertz CT molecular complexity index is 1190. The minimum absolute atomic E-state index is 0.174. The number of nitrogens with one attached hydrogen (secondary N) is 2. The molecule has 0 aliphatic rings. The summed E-state index contributed by atoms with van der Waals surface area (Å²) in [7, 11) is 1.22. The Balaban J connectivity index is 1.87. The number of hydrogen-bond acceptors (Lipinski definition) is 9. The van der Waals surface area contributed by atoms with Crippen molar-refractivity contribution >= 4 is 45.1 Å². The molecule has 3 rings (SSSR count). The number of anilines is 2. The van der Waals surface area contributed by atoms with E-state index in [0.29, 0.717) is 28.2 Å². The number of fused-ring (bicyclic) bond motifs is 1. The number of rotatable bonds is 8. The van der Waals surface area contributed by atoms with Gasteiger partial charge in [-0.15, -0.1) is 5.10 Å². The van der Waals surface area contributed by atoms with E-state index in [0.717, 1.165) is 5.56 Å². The standard InChI is InChI=1S/C19H22N8O2S/c1-21-10-15(8-20)14-7-17-16(22-11-14)4-5-18(24-17)25-19-6-13(9-23-26-19)12-30(28,29)27(2)3/h4-11,15,20H,12H2,1-3H3,(H,24,25,26). The topological polar surface area (TPSA) is 137 Å². The minimum atomic E-state index is -3.41. The molecule has 10 nitrogen and oxygen atoms in total. The van der Waals surface area contributed by atoms with E-state index >= 15 is 0 Å². The van der Waals surface area contributed by atoms with Crippen LogP contribution in [0.25, 0.3) is 11.0 Å². The van der Waals surface area contributed by atoms with E-state index in [9.17, 15) is 8.42 Å². The van der Waals surface area contributed by atoms with Crippen molar-refractivity contribution in [3.8, 4) is 0 Å². The number of pyridine rings is 2. The molecule has 0 bridgehead atoms. The fraction of sp³-hybridized carbons (Fsp3) is 0.263. The van der Waals surface area contributed by atoms with Gasteiger partial charge in [-0.2, -0.15) is 5.10 Å². The SMILES string of the molecule is CN=CC(C=N)c1cnc2ccc(Nc3cc(CS(=O)(=O)N(C)C)cnn3)nc2c1. The maximum Gasteiger partial charge on any atom is 0.217 e. The molecule has 156 valence electrons. The molecule has 0 aromatic carbocycles. The Hall–Kier alpha value is -3.31. The van der Waals surface area contributed by atoms with Crippen LogP contribution in [0, 0.1) is 5.41 Å². The average molecular weight is 427 g/mol. The summed E-state index contributed by atoms with van der Waals surface area (Å²) in [5, 5.41) is 18.5. The van der Waals surface area contributed by atoms with Crippen molar-refractivity contribution in [2.75, 3.05) is 26.5 Å². The molecule has 0 saturated heterocycles. The zero-order valence-electron chi connectivity index (χ0n) is 16.8. The van der Waals surface area contributed by atoms with Gasteiger partial charge in [-0.25, -0.2) is 17.7 Å².